The normalized spacial score (nSPS) is 13.9. The van der Waals surface area contributed by atoms with Crippen molar-refractivity contribution >= 4 is 29.3 Å². The number of thioether (sulfide) groups is 1. The first-order valence-corrected chi connectivity index (χ1v) is 10.2. The van der Waals surface area contributed by atoms with Crippen LogP contribution in [-0.2, 0) is 17.7 Å². The van der Waals surface area contributed by atoms with E-state index in [9.17, 15) is 4.79 Å². The number of ether oxygens (including phenoxy) is 1. The van der Waals surface area contributed by atoms with Crippen molar-refractivity contribution in [3.63, 3.8) is 0 Å². The lowest BCUT2D eigenvalue weighted by molar-refractivity contribution is 0.119. The summed E-state index contributed by atoms with van der Waals surface area (Å²) in [6, 6.07) is 8.16. The summed E-state index contributed by atoms with van der Waals surface area (Å²) in [7, 11) is 0. The van der Waals surface area contributed by atoms with Crippen LogP contribution in [0.25, 0.3) is 0 Å². The van der Waals surface area contributed by atoms with Gasteiger partial charge in [-0.1, -0.05) is 12.1 Å². The fourth-order valence-corrected chi connectivity index (χ4v) is 4.43. The Labute approximate surface area is 161 Å². The molecule has 1 aliphatic heterocycles. The molecule has 2 aromatic heterocycles. The van der Waals surface area contributed by atoms with E-state index in [1.54, 1.807) is 41.6 Å². The molecule has 0 spiro atoms. The highest BCUT2D eigenvalue weighted by Gasteiger charge is 2.21. The first kappa shape index (κ1) is 18.5. The van der Waals surface area contributed by atoms with Crippen LogP contribution in [0.3, 0.4) is 0 Å². The Hall–Kier alpha value is -2.25. The zero-order valence-electron chi connectivity index (χ0n) is 14.2. The summed E-state index contributed by atoms with van der Waals surface area (Å²) in [6.07, 6.45) is 7.99. The number of rotatable bonds is 8. The Morgan fingerprint density at radius 3 is 2.92 bits per heavy atom. The maximum Gasteiger partial charge on any atom is 0.511 e. The van der Waals surface area contributed by atoms with Gasteiger partial charge in [-0.2, -0.15) is 0 Å². The van der Waals surface area contributed by atoms with Crippen molar-refractivity contribution in [3.05, 3.63) is 75.4 Å². The molecular weight excluding hydrogens is 368 g/mol. The van der Waals surface area contributed by atoms with Crippen molar-refractivity contribution in [2.75, 3.05) is 12.3 Å². The van der Waals surface area contributed by atoms with Gasteiger partial charge in [0.2, 0.25) is 0 Å². The minimum Gasteiger partial charge on any atom is -0.449 e. The minimum atomic E-state index is -1.28. The Balaban J connectivity index is 1.65. The molecule has 0 atom stereocenters. The van der Waals surface area contributed by atoms with Crippen molar-refractivity contribution < 1.29 is 14.6 Å². The van der Waals surface area contributed by atoms with Crippen LogP contribution in [-0.4, -0.2) is 33.4 Å². The van der Waals surface area contributed by atoms with Gasteiger partial charge in [0.1, 0.15) is 5.03 Å². The highest BCUT2D eigenvalue weighted by atomic mass is 32.2. The van der Waals surface area contributed by atoms with Gasteiger partial charge in [-0.25, -0.2) is 4.79 Å². The quantitative estimate of drug-likeness (QED) is 0.520. The number of hydrogen-bond donors (Lipinski definition) is 1. The number of aromatic nitrogens is 1. The van der Waals surface area contributed by atoms with Crippen molar-refractivity contribution in [2.45, 2.75) is 19.4 Å². The van der Waals surface area contributed by atoms with Crippen molar-refractivity contribution in [2.24, 2.45) is 0 Å². The smallest absolute Gasteiger partial charge is 0.449 e. The first-order chi connectivity index (χ1) is 12.7. The summed E-state index contributed by atoms with van der Waals surface area (Å²) < 4.78 is 5.01. The second-order valence-electron chi connectivity index (χ2n) is 5.71. The molecular formula is C19H20N2O3S2. The molecule has 0 amide bonds. The molecule has 3 rings (SSSR count). The van der Waals surface area contributed by atoms with Gasteiger partial charge in [0.05, 0.1) is 6.54 Å². The Morgan fingerprint density at radius 1 is 1.35 bits per heavy atom. The Bertz CT molecular complexity index is 773. The van der Waals surface area contributed by atoms with Crippen molar-refractivity contribution in [1.29, 1.82) is 0 Å². The van der Waals surface area contributed by atoms with Crippen LogP contribution in [0.15, 0.2) is 65.0 Å². The van der Waals surface area contributed by atoms with Gasteiger partial charge < -0.3 is 14.7 Å². The lowest BCUT2D eigenvalue weighted by atomic mass is 10.2. The minimum absolute atomic E-state index is 0.411. The highest BCUT2D eigenvalue weighted by Crippen LogP contribution is 2.31. The second-order valence-corrected chi connectivity index (χ2v) is 7.82. The van der Waals surface area contributed by atoms with Crippen LogP contribution in [0.2, 0.25) is 0 Å². The monoisotopic (exact) mass is 388 g/mol. The fraction of sp³-hybridized carbons (Fsp3) is 0.263. The third kappa shape index (κ3) is 5.37. The topological polar surface area (TPSA) is 62.7 Å². The van der Waals surface area contributed by atoms with Gasteiger partial charge in [0, 0.05) is 23.8 Å². The number of thiophene rings is 1. The van der Waals surface area contributed by atoms with E-state index in [4.69, 9.17) is 9.84 Å². The number of hydrogen-bond acceptors (Lipinski definition) is 6. The molecule has 0 unspecified atom stereocenters. The molecule has 136 valence electrons. The summed E-state index contributed by atoms with van der Waals surface area (Å²) in [6.45, 7) is 1.50. The van der Waals surface area contributed by atoms with Gasteiger partial charge in [-0.05, 0) is 53.8 Å². The highest BCUT2D eigenvalue weighted by molar-refractivity contribution is 8.03. The lowest BCUT2D eigenvalue weighted by Gasteiger charge is -2.29. The SMILES string of the molecule is O=C(O)OC1=C(SCCCc2ccncc2)N(Cc2cccs2)CC=C1. The molecule has 7 heteroatoms. The van der Waals surface area contributed by atoms with Crippen LogP contribution < -0.4 is 0 Å². The van der Waals surface area contributed by atoms with E-state index in [1.165, 1.54) is 10.4 Å². The maximum absolute atomic E-state index is 11.0. The fourth-order valence-electron chi connectivity index (χ4n) is 2.65. The Morgan fingerprint density at radius 2 is 2.19 bits per heavy atom. The average molecular weight is 389 g/mol. The molecule has 0 saturated carbocycles. The van der Waals surface area contributed by atoms with Crippen molar-refractivity contribution in [3.8, 4) is 0 Å². The van der Waals surface area contributed by atoms with Crippen LogP contribution in [0.5, 0.6) is 0 Å². The summed E-state index contributed by atoms with van der Waals surface area (Å²) in [4.78, 5) is 18.5. The predicted molar refractivity (Wildman–Crippen MR) is 105 cm³/mol. The van der Waals surface area contributed by atoms with Gasteiger partial charge >= 0.3 is 6.16 Å². The zero-order chi connectivity index (χ0) is 18.2. The van der Waals surface area contributed by atoms with E-state index in [-0.39, 0.29) is 0 Å². The molecule has 5 nitrogen and oxygen atoms in total. The second kappa shape index (κ2) is 9.45. The molecule has 0 aliphatic carbocycles. The number of pyridine rings is 1. The molecule has 0 fully saturated rings. The zero-order valence-corrected chi connectivity index (χ0v) is 15.8. The van der Waals surface area contributed by atoms with Crippen LogP contribution in [0.1, 0.15) is 16.9 Å². The van der Waals surface area contributed by atoms with Crippen LogP contribution in [0, 0.1) is 0 Å². The van der Waals surface area contributed by atoms with Crippen molar-refractivity contribution in [1.82, 2.24) is 9.88 Å². The summed E-state index contributed by atoms with van der Waals surface area (Å²) in [5.41, 5.74) is 1.26. The van der Waals surface area contributed by atoms with E-state index in [2.05, 4.69) is 21.3 Å². The Kier molecular flexibility index (Phi) is 6.74. The molecule has 2 aromatic rings. The van der Waals surface area contributed by atoms with E-state index in [0.29, 0.717) is 5.76 Å². The molecule has 0 bridgehead atoms. The molecule has 0 aromatic carbocycles. The third-order valence-electron chi connectivity index (χ3n) is 3.82. The van der Waals surface area contributed by atoms with E-state index >= 15 is 0 Å². The predicted octanol–water partition coefficient (Wildman–Crippen LogP) is 4.74. The number of carboxylic acid groups (broad SMARTS) is 1. The van der Waals surface area contributed by atoms with E-state index in [0.717, 1.165) is 36.7 Å². The van der Waals surface area contributed by atoms with E-state index < -0.39 is 6.16 Å². The van der Waals surface area contributed by atoms with Crippen LogP contribution in [0.4, 0.5) is 4.79 Å². The standard InChI is InChI=1S/C19H20N2O3S2/c22-19(23)24-17-6-1-11-21(14-16-5-3-12-25-16)18(17)26-13-2-4-15-7-9-20-10-8-15/h1,3,5-10,12H,2,4,11,13-14H2,(H,22,23). The summed E-state index contributed by atoms with van der Waals surface area (Å²) in [5.74, 6) is 1.30. The number of allylic oxidation sites excluding steroid dienone is 1. The number of aryl methyl sites for hydroxylation is 1. The van der Waals surface area contributed by atoms with Gasteiger partial charge in [-0.3, -0.25) is 4.98 Å². The first-order valence-electron chi connectivity index (χ1n) is 8.33. The summed E-state index contributed by atoms with van der Waals surface area (Å²) in [5, 5.41) is 12.0. The number of carbonyl (C=O) groups is 1. The van der Waals surface area contributed by atoms with Gasteiger partial charge in [0.25, 0.3) is 0 Å². The molecule has 0 saturated heterocycles. The lowest BCUT2D eigenvalue weighted by Crippen LogP contribution is -2.25. The maximum atomic E-state index is 11.0. The van der Waals surface area contributed by atoms with Gasteiger partial charge in [0.15, 0.2) is 5.76 Å². The summed E-state index contributed by atoms with van der Waals surface area (Å²) >= 11 is 3.35. The van der Waals surface area contributed by atoms with E-state index in [1.807, 2.05) is 24.3 Å². The number of nitrogens with zero attached hydrogens (tertiary/aromatic N) is 2. The van der Waals surface area contributed by atoms with Crippen LogP contribution >= 0.6 is 23.1 Å². The third-order valence-corrected chi connectivity index (χ3v) is 5.90. The molecule has 26 heavy (non-hydrogen) atoms. The molecule has 1 aliphatic rings. The molecule has 1 N–H and O–H groups in total. The molecule has 3 heterocycles. The molecule has 0 radical (unpaired) electrons. The average Bonchev–Trinajstić information content (AvgIpc) is 3.14. The largest absolute Gasteiger partial charge is 0.511 e. The van der Waals surface area contributed by atoms with Gasteiger partial charge in [-0.15, -0.1) is 23.1 Å².